The van der Waals surface area contributed by atoms with Crippen molar-refractivity contribution in [2.75, 3.05) is 31.1 Å². The Morgan fingerprint density at radius 3 is 2.55 bits per heavy atom. The van der Waals surface area contributed by atoms with Crippen LogP contribution >= 0.6 is 11.3 Å². The Labute approximate surface area is 187 Å². The van der Waals surface area contributed by atoms with E-state index in [1.807, 2.05) is 6.07 Å². The number of nitrogens with zero attached hydrogens (tertiary/aromatic N) is 3. The van der Waals surface area contributed by atoms with E-state index in [1.54, 1.807) is 16.6 Å². The van der Waals surface area contributed by atoms with E-state index in [4.69, 9.17) is 4.42 Å². The predicted molar refractivity (Wildman–Crippen MR) is 123 cm³/mol. The molecule has 8 heteroatoms. The molecule has 0 N–H and O–H groups in total. The number of aryl methyl sites for hydroxylation is 2. The lowest BCUT2D eigenvalue weighted by Crippen LogP contribution is -2.48. The van der Waals surface area contributed by atoms with Gasteiger partial charge in [0, 0.05) is 37.8 Å². The molecule has 0 unspecified atom stereocenters. The summed E-state index contributed by atoms with van der Waals surface area (Å²) in [6.45, 7) is 6.53. The SMILES string of the molecule is Cc1ccc(C)c(N2CCN(S(=O)(=O)c3ccc(-c4cnc(C5CCC5)o4)s3)CC2)c1. The molecular formula is C23H27N3O3S2. The predicted octanol–water partition coefficient (Wildman–Crippen LogP) is 4.80. The molecule has 3 heterocycles. The number of thiophene rings is 1. The van der Waals surface area contributed by atoms with Crippen molar-refractivity contribution in [3.8, 4) is 10.6 Å². The molecule has 1 saturated carbocycles. The fraction of sp³-hybridized carbons (Fsp3) is 0.435. The van der Waals surface area contributed by atoms with Gasteiger partial charge in [0.1, 0.15) is 4.21 Å². The van der Waals surface area contributed by atoms with E-state index in [9.17, 15) is 8.42 Å². The normalized spacial score (nSPS) is 18.3. The highest BCUT2D eigenvalue weighted by atomic mass is 32.2. The quantitative estimate of drug-likeness (QED) is 0.551. The molecule has 0 bridgehead atoms. The average molecular weight is 458 g/mol. The molecule has 0 atom stereocenters. The zero-order valence-corrected chi connectivity index (χ0v) is 19.5. The van der Waals surface area contributed by atoms with Crippen LogP contribution in [0.3, 0.4) is 0 Å². The zero-order valence-electron chi connectivity index (χ0n) is 17.9. The topological polar surface area (TPSA) is 66.7 Å². The van der Waals surface area contributed by atoms with E-state index in [1.165, 1.54) is 34.6 Å². The smallest absolute Gasteiger partial charge is 0.252 e. The fourth-order valence-corrected chi connectivity index (χ4v) is 7.02. The van der Waals surface area contributed by atoms with Gasteiger partial charge in [-0.2, -0.15) is 4.31 Å². The molecule has 0 amide bonds. The molecule has 2 aliphatic rings. The minimum Gasteiger partial charge on any atom is -0.440 e. The monoisotopic (exact) mass is 457 g/mol. The third-order valence-electron chi connectivity index (χ3n) is 6.34. The number of hydrogen-bond acceptors (Lipinski definition) is 6. The largest absolute Gasteiger partial charge is 0.440 e. The molecule has 1 saturated heterocycles. The van der Waals surface area contributed by atoms with Crippen LogP contribution in [0, 0.1) is 13.8 Å². The van der Waals surface area contributed by atoms with Gasteiger partial charge < -0.3 is 9.32 Å². The fourth-order valence-electron chi connectivity index (χ4n) is 4.19. The summed E-state index contributed by atoms with van der Waals surface area (Å²) < 4.78 is 34.4. The summed E-state index contributed by atoms with van der Waals surface area (Å²) in [5.74, 6) is 1.86. The standard InChI is InChI=1S/C23H27N3O3S2/c1-16-6-7-17(2)19(14-16)25-10-12-26(13-11-25)31(27,28)22-9-8-21(30-22)20-15-24-23(29-20)18-4-3-5-18/h6-9,14-15,18H,3-5,10-13H2,1-2H3. The van der Waals surface area contributed by atoms with Crippen LogP contribution in [0.1, 0.15) is 42.2 Å². The number of aromatic nitrogens is 1. The maximum Gasteiger partial charge on any atom is 0.252 e. The summed E-state index contributed by atoms with van der Waals surface area (Å²) >= 11 is 1.26. The Balaban J connectivity index is 1.29. The van der Waals surface area contributed by atoms with E-state index in [0.717, 1.165) is 23.6 Å². The first-order valence-electron chi connectivity index (χ1n) is 10.8. The second kappa shape index (κ2) is 8.07. The van der Waals surface area contributed by atoms with Crippen LogP contribution in [0.5, 0.6) is 0 Å². The van der Waals surface area contributed by atoms with Crippen LogP contribution in [0.15, 0.2) is 45.2 Å². The minimum absolute atomic E-state index is 0.365. The minimum atomic E-state index is -3.51. The van der Waals surface area contributed by atoms with Gasteiger partial charge in [0.15, 0.2) is 11.7 Å². The molecular weight excluding hydrogens is 430 g/mol. The Bertz CT molecular complexity index is 1190. The van der Waals surface area contributed by atoms with Gasteiger partial charge in [0.2, 0.25) is 0 Å². The molecule has 1 aliphatic heterocycles. The van der Waals surface area contributed by atoms with E-state index < -0.39 is 10.0 Å². The third kappa shape index (κ3) is 3.92. The highest BCUT2D eigenvalue weighted by molar-refractivity contribution is 7.91. The van der Waals surface area contributed by atoms with Crippen molar-refractivity contribution in [2.24, 2.45) is 0 Å². The number of benzene rings is 1. The number of piperazine rings is 1. The van der Waals surface area contributed by atoms with Crippen LogP contribution in [-0.2, 0) is 10.0 Å². The maximum absolute atomic E-state index is 13.2. The van der Waals surface area contributed by atoms with Crippen molar-refractivity contribution in [1.82, 2.24) is 9.29 Å². The highest BCUT2D eigenvalue weighted by Gasteiger charge is 2.31. The van der Waals surface area contributed by atoms with Crippen LogP contribution in [0.4, 0.5) is 5.69 Å². The Hall–Kier alpha value is -2.16. The molecule has 6 nitrogen and oxygen atoms in total. The second-order valence-corrected chi connectivity index (χ2v) is 11.7. The molecule has 0 radical (unpaired) electrons. The summed E-state index contributed by atoms with van der Waals surface area (Å²) in [5.41, 5.74) is 3.64. The number of anilines is 1. The van der Waals surface area contributed by atoms with Gasteiger partial charge in [-0.3, -0.25) is 0 Å². The van der Waals surface area contributed by atoms with Gasteiger partial charge in [-0.15, -0.1) is 11.3 Å². The molecule has 164 valence electrons. The van der Waals surface area contributed by atoms with E-state index in [-0.39, 0.29) is 0 Å². The van der Waals surface area contributed by atoms with Crippen molar-refractivity contribution < 1.29 is 12.8 Å². The van der Waals surface area contributed by atoms with Crippen molar-refractivity contribution >= 4 is 27.0 Å². The van der Waals surface area contributed by atoms with Crippen LogP contribution < -0.4 is 4.90 Å². The molecule has 31 heavy (non-hydrogen) atoms. The third-order valence-corrected chi connectivity index (χ3v) is 9.81. The molecule has 1 aliphatic carbocycles. The lowest BCUT2D eigenvalue weighted by molar-refractivity contribution is 0.338. The van der Waals surface area contributed by atoms with E-state index >= 15 is 0 Å². The Morgan fingerprint density at radius 1 is 1.06 bits per heavy atom. The summed E-state index contributed by atoms with van der Waals surface area (Å²) in [4.78, 5) is 7.49. The first-order valence-corrected chi connectivity index (χ1v) is 13.1. The first kappa shape index (κ1) is 20.7. The van der Waals surface area contributed by atoms with Gasteiger partial charge in [-0.25, -0.2) is 13.4 Å². The van der Waals surface area contributed by atoms with Gasteiger partial charge in [-0.1, -0.05) is 18.6 Å². The second-order valence-electron chi connectivity index (χ2n) is 8.49. The number of sulfonamides is 1. The maximum atomic E-state index is 13.2. The highest BCUT2D eigenvalue weighted by Crippen LogP contribution is 2.39. The van der Waals surface area contributed by atoms with Crippen molar-refractivity contribution in [2.45, 2.75) is 43.2 Å². The zero-order chi connectivity index (χ0) is 21.6. The van der Waals surface area contributed by atoms with Crippen LogP contribution in [0.25, 0.3) is 10.6 Å². The van der Waals surface area contributed by atoms with Crippen molar-refractivity contribution in [1.29, 1.82) is 0 Å². The summed E-state index contributed by atoms with van der Waals surface area (Å²) in [7, 11) is -3.51. The lowest BCUT2D eigenvalue weighted by atomic mass is 9.85. The Morgan fingerprint density at radius 2 is 1.84 bits per heavy atom. The van der Waals surface area contributed by atoms with Gasteiger partial charge >= 0.3 is 0 Å². The van der Waals surface area contributed by atoms with Gasteiger partial charge in [-0.05, 0) is 56.0 Å². The summed E-state index contributed by atoms with van der Waals surface area (Å²) in [6, 6.07) is 9.94. The molecule has 1 aromatic carbocycles. The van der Waals surface area contributed by atoms with Crippen molar-refractivity contribution in [3.63, 3.8) is 0 Å². The molecule has 0 spiro atoms. The van der Waals surface area contributed by atoms with Gasteiger partial charge in [0.25, 0.3) is 10.0 Å². The average Bonchev–Trinajstić information content (AvgIpc) is 3.39. The van der Waals surface area contributed by atoms with Crippen LogP contribution in [0.2, 0.25) is 0 Å². The van der Waals surface area contributed by atoms with Crippen LogP contribution in [-0.4, -0.2) is 43.9 Å². The Kier molecular flexibility index (Phi) is 5.40. The lowest BCUT2D eigenvalue weighted by Gasteiger charge is -2.36. The number of rotatable bonds is 5. The molecule has 5 rings (SSSR count). The van der Waals surface area contributed by atoms with E-state index in [2.05, 4.69) is 41.9 Å². The van der Waals surface area contributed by atoms with Crippen molar-refractivity contribution in [3.05, 3.63) is 53.5 Å². The summed E-state index contributed by atoms with van der Waals surface area (Å²) in [6.07, 6.45) is 5.19. The molecule has 2 aromatic heterocycles. The number of hydrogen-bond donors (Lipinski definition) is 0. The van der Waals surface area contributed by atoms with Gasteiger partial charge in [0.05, 0.1) is 11.1 Å². The molecule has 2 fully saturated rings. The molecule has 3 aromatic rings. The first-order chi connectivity index (χ1) is 14.9. The van der Waals surface area contributed by atoms with E-state index in [0.29, 0.717) is 42.1 Å². The summed E-state index contributed by atoms with van der Waals surface area (Å²) in [5, 5.41) is 0. The number of oxazole rings is 1.